The first-order chi connectivity index (χ1) is 10.8. The summed E-state index contributed by atoms with van der Waals surface area (Å²) in [6.45, 7) is 0. The number of nitrogens with zero attached hydrogens (tertiary/aromatic N) is 2. The molecule has 2 fully saturated rings. The monoisotopic (exact) mass is 312 g/mol. The summed E-state index contributed by atoms with van der Waals surface area (Å²) >= 11 is 5.68. The van der Waals surface area contributed by atoms with Crippen LogP contribution in [0, 0.1) is 0 Å². The molecule has 1 saturated heterocycles. The van der Waals surface area contributed by atoms with Gasteiger partial charge in [-0.2, -0.15) is 0 Å². The Morgan fingerprint density at radius 1 is 1.14 bits per heavy atom. The number of hydrogen-bond donors (Lipinski definition) is 2. The first-order valence-corrected chi connectivity index (χ1v) is 8.38. The Labute approximate surface area is 135 Å². The molecule has 4 rings (SSSR count). The molecule has 2 aliphatic rings. The van der Waals surface area contributed by atoms with Gasteiger partial charge in [-0.05, 0) is 49.3 Å². The van der Waals surface area contributed by atoms with Crippen molar-refractivity contribution in [3.8, 4) is 0 Å². The summed E-state index contributed by atoms with van der Waals surface area (Å²) in [6.07, 6.45) is 8.90. The first kappa shape index (κ1) is 13.8. The second kappa shape index (κ2) is 5.72. The largest absolute Gasteiger partial charge is 0.363 e. The van der Waals surface area contributed by atoms with Gasteiger partial charge in [0, 0.05) is 24.1 Å². The van der Waals surface area contributed by atoms with Crippen LogP contribution in [-0.4, -0.2) is 26.0 Å². The molecule has 2 aromatic rings. The predicted molar refractivity (Wildman–Crippen MR) is 90.3 cm³/mol. The van der Waals surface area contributed by atoms with Gasteiger partial charge in [-0.3, -0.25) is 4.98 Å². The van der Waals surface area contributed by atoms with Gasteiger partial charge >= 0.3 is 0 Å². The van der Waals surface area contributed by atoms with Gasteiger partial charge < -0.3 is 15.2 Å². The molecule has 1 saturated carbocycles. The Morgan fingerprint density at radius 3 is 2.68 bits per heavy atom. The summed E-state index contributed by atoms with van der Waals surface area (Å²) in [5.74, 6) is 0. The number of rotatable bonds is 3. The van der Waals surface area contributed by atoms with Crippen LogP contribution in [0.1, 0.15) is 49.2 Å². The molecule has 3 heterocycles. The number of nitrogens with one attached hydrogen (secondary N) is 2. The van der Waals surface area contributed by atoms with Crippen molar-refractivity contribution in [3.63, 3.8) is 0 Å². The van der Waals surface area contributed by atoms with Gasteiger partial charge in [0.15, 0.2) is 5.11 Å². The van der Waals surface area contributed by atoms with Crippen molar-refractivity contribution in [3.05, 3.63) is 54.1 Å². The number of hydrogen-bond acceptors (Lipinski definition) is 2. The predicted octanol–water partition coefficient (Wildman–Crippen LogP) is 3.32. The molecule has 0 spiro atoms. The van der Waals surface area contributed by atoms with Crippen LogP contribution < -0.4 is 5.32 Å². The highest BCUT2D eigenvalue weighted by Crippen LogP contribution is 2.41. The van der Waals surface area contributed by atoms with E-state index in [2.05, 4.69) is 38.4 Å². The zero-order chi connectivity index (χ0) is 14.9. The van der Waals surface area contributed by atoms with E-state index in [1.807, 2.05) is 24.5 Å². The third-order valence-electron chi connectivity index (χ3n) is 4.79. The molecule has 0 bridgehead atoms. The number of aromatic amines is 1. The summed E-state index contributed by atoms with van der Waals surface area (Å²) in [7, 11) is 0. The van der Waals surface area contributed by atoms with Crippen LogP contribution in [0.25, 0.3) is 0 Å². The summed E-state index contributed by atoms with van der Waals surface area (Å²) in [4.78, 5) is 10.3. The van der Waals surface area contributed by atoms with Crippen molar-refractivity contribution >= 4 is 17.3 Å². The summed E-state index contributed by atoms with van der Waals surface area (Å²) in [6, 6.07) is 11.1. The van der Waals surface area contributed by atoms with Crippen LogP contribution in [0.2, 0.25) is 0 Å². The fraction of sp³-hybridized carbons (Fsp3) is 0.412. The molecule has 0 unspecified atom stereocenters. The quantitative estimate of drug-likeness (QED) is 0.853. The normalized spacial score (nSPS) is 25.6. The van der Waals surface area contributed by atoms with Gasteiger partial charge in [-0.1, -0.05) is 18.9 Å². The van der Waals surface area contributed by atoms with Gasteiger partial charge in [0.1, 0.15) is 0 Å². The third kappa shape index (κ3) is 2.29. The summed E-state index contributed by atoms with van der Waals surface area (Å²) < 4.78 is 0. The van der Waals surface area contributed by atoms with E-state index >= 15 is 0 Å². The standard InChI is InChI=1S/C17H20N4S/c22-17-20-15(13-8-3-4-10-18-13)16(14-9-5-11-19-14)21(17)12-6-1-2-7-12/h3-5,8-12,15-16,19H,1-2,6-7H2,(H,20,22)/t15-,16+/m1/s1. The van der Waals surface area contributed by atoms with Crippen molar-refractivity contribution in [2.45, 2.75) is 43.8 Å². The topological polar surface area (TPSA) is 44.0 Å². The molecule has 0 amide bonds. The molecule has 0 aromatic carbocycles. The van der Waals surface area contributed by atoms with Crippen LogP contribution in [0.15, 0.2) is 42.7 Å². The smallest absolute Gasteiger partial charge is 0.170 e. The zero-order valence-electron chi connectivity index (χ0n) is 12.4. The van der Waals surface area contributed by atoms with Crippen LogP contribution >= 0.6 is 12.2 Å². The Kier molecular flexibility index (Phi) is 3.58. The number of H-pyrrole nitrogens is 1. The molecule has 22 heavy (non-hydrogen) atoms. The minimum atomic E-state index is 0.105. The van der Waals surface area contributed by atoms with Crippen molar-refractivity contribution in [1.29, 1.82) is 0 Å². The summed E-state index contributed by atoms with van der Waals surface area (Å²) in [5, 5.41) is 4.37. The maximum atomic E-state index is 5.68. The Hall–Kier alpha value is -1.88. The Balaban J connectivity index is 1.74. The maximum Gasteiger partial charge on any atom is 0.170 e. The lowest BCUT2D eigenvalue weighted by Gasteiger charge is -2.32. The Morgan fingerprint density at radius 2 is 2.00 bits per heavy atom. The fourth-order valence-corrected chi connectivity index (χ4v) is 4.19. The molecule has 0 radical (unpaired) electrons. The lowest BCUT2D eigenvalue weighted by atomic mass is 10.00. The SMILES string of the molecule is S=C1N[C@H](c2ccccn2)[C@H](c2ccc[nH]2)N1C1CCCC1. The van der Waals surface area contributed by atoms with Gasteiger partial charge in [0.05, 0.1) is 17.8 Å². The second-order valence-corrected chi connectivity index (χ2v) is 6.48. The van der Waals surface area contributed by atoms with Gasteiger partial charge in [0.2, 0.25) is 0 Å². The van der Waals surface area contributed by atoms with Gasteiger partial charge in [-0.15, -0.1) is 0 Å². The summed E-state index contributed by atoms with van der Waals surface area (Å²) in [5.41, 5.74) is 2.25. The molecule has 2 N–H and O–H groups in total. The first-order valence-electron chi connectivity index (χ1n) is 7.97. The van der Waals surface area contributed by atoms with E-state index in [0.717, 1.165) is 10.8 Å². The minimum Gasteiger partial charge on any atom is -0.363 e. The highest BCUT2D eigenvalue weighted by molar-refractivity contribution is 7.80. The Bertz CT molecular complexity index is 634. The van der Waals surface area contributed by atoms with Gasteiger partial charge in [-0.25, -0.2) is 0 Å². The second-order valence-electron chi connectivity index (χ2n) is 6.10. The maximum absolute atomic E-state index is 5.68. The molecule has 2 aromatic heterocycles. The highest BCUT2D eigenvalue weighted by atomic mass is 32.1. The zero-order valence-corrected chi connectivity index (χ0v) is 13.2. The number of pyridine rings is 1. The lowest BCUT2D eigenvalue weighted by Crippen LogP contribution is -2.37. The number of thiocarbonyl (C=S) groups is 1. The van der Waals surface area contributed by atoms with Crippen LogP contribution in [0.5, 0.6) is 0 Å². The average Bonchev–Trinajstić information content (AvgIpc) is 3.28. The van der Waals surface area contributed by atoms with Crippen molar-refractivity contribution < 1.29 is 0 Å². The highest BCUT2D eigenvalue weighted by Gasteiger charge is 2.43. The lowest BCUT2D eigenvalue weighted by molar-refractivity contribution is 0.242. The van der Waals surface area contributed by atoms with E-state index in [0.29, 0.717) is 6.04 Å². The van der Waals surface area contributed by atoms with Crippen molar-refractivity contribution in [2.75, 3.05) is 0 Å². The minimum absolute atomic E-state index is 0.105. The van der Waals surface area contributed by atoms with E-state index in [9.17, 15) is 0 Å². The average molecular weight is 312 g/mol. The molecular formula is C17H20N4S. The molecule has 4 nitrogen and oxygen atoms in total. The number of aromatic nitrogens is 2. The van der Waals surface area contributed by atoms with Crippen LogP contribution in [-0.2, 0) is 0 Å². The van der Waals surface area contributed by atoms with Crippen LogP contribution in [0.3, 0.4) is 0 Å². The molecule has 1 aliphatic carbocycles. The van der Waals surface area contributed by atoms with E-state index < -0.39 is 0 Å². The van der Waals surface area contributed by atoms with Crippen molar-refractivity contribution in [1.82, 2.24) is 20.2 Å². The molecule has 5 heteroatoms. The van der Waals surface area contributed by atoms with E-state index in [1.54, 1.807) is 0 Å². The fourth-order valence-electron chi connectivity index (χ4n) is 3.80. The van der Waals surface area contributed by atoms with E-state index in [-0.39, 0.29) is 12.1 Å². The molecule has 114 valence electrons. The van der Waals surface area contributed by atoms with E-state index in [4.69, 9.17) is 12.2 Å². The van der Waals surface area contributed by atoms with E-state index in [1.165, 1.54) is 31.4 Å². The molecule has 2 atom stereocenters. The van der Waals surface area contributed by atoms with Crippen molar-refractivity contribution in [2.24, 2.45) is 0 Å². The molecular weight excluding hydrogens is 292 g/mol. The van der Waals surface area contributed by atoms with Crippen LogP contribution in [0.4, 0.5) is 0 Å². The third-order valence-corrected chi connectivity index (χ3v) is 5.12. The van der Waals surface area contributed by atoms with Gasteiger partial charge in [0.25, 0.3) is 0 Å². The molecule has 1 aliphatic heterocycles.